The monoisotopic (exact) mass is 444 g/mol. The lowest BCUT2D eigenvalue weighted by molar-refractivity contribution is 0.199. The third-order valence-electron chi connectivity index (χ3n) is 5.64. The molecule has 2 aromatic heterocycles. The highest BCUT2D eigenvalue weighted by molar-refractivity contribution is 5.86. The van der Waals surface area contributed by atoms with Gasteiger partial charge in [-0.15, -0.1) is 0 Å². The molecule has 33 heavy (non-hydrogen) atoms. The maximum Gasteiger partial charge on any atom is 0.322 e. The Kier molecular flexibility index (Phi) is 5.26. The van der Waals surface area contributed by atoms with E-state index < -0.39 is 6.04 Å². The van der Waals surface area contributed by atoms with Gasteiger partial charge in [-0.1, -0.05) is 47.1 Å². The number of aromatic nitrogens is 2. The summed E-state index contributed by atoms with van der Waals surface area (Å²) in [6, 6.07) is 16.7. The van der Waals surface area contributed by atoms with Crippen molar-refractivity contribution in [1.82, 2.24) is 20.4 Å². The summed E-state index contributed by atoms with van der Waals surface area (Å²) < 4.78 is 24.8. The van der Waals surface area contributed by atoms with Crippen molar-refractivity contribution in [2.75, 3.05) is 0 Å². The van der Waals surface area contributed by atoms with Crippen LogP contribution < -0.4 is 5.32 Å². The van der Waals surface area contributed by atoms with Gasteiger partial charge in [0.15, 0.2) is 0 Å². The number of nitrogens with one attached hydrogen (secondary N) is 1. The van der Waals surface area contributed by atoms with E-state index in [9.17, 15) is 9.18 Å². The Morgan fingerprint density at radius 1 is 1.09 bits per heavy atom. The second-order valence-corrected chi connectivity index (χ2v) is 7.89. The molecule has 2 aromatic carbocycles. The van der Waals surface area contributed by atoms with Crippen LogP contribution in [0, 0.1) is 12.7 Å². The highest BCUT2D eigenvalue weighted by Crippen LogP contribution is 2.38. The predicted octanol–water partition coefficient (Wildman–Crippen LogP) is 5.47. The third kappa shape index (κ3) is 4.03. The maximum atomic E-state index is 13.7. The number of urea groups is 1. The van der Waals surface area contributed by atoms with E-state index >= 15 is 0 Å². The van der Waals surface area contributed by atoms with Crippen molar-refractivity contribution in [1.29, 1.82) is 0 Å². The molecule has 5 rings (SSSR count). The molecule has 0 saturated heterocycles. The van der Waals surface area contributed by atoms with Crippen LogP contribution in [0.25, 0.3) is 17.0 Å². The molecule has 0 spiro atoms. The second-order valence-electron chi connectivity index (χ2n) is 7.89. The van der Waals surface area contributed by atoms with Gasteiger partial charge in [0.1, 0.15) is 11.6 Å². The van der Waals surface area contributed by atoms with Crippen LogP contribution in [0.2, 0.25) is 0 Å². The van der Waals surface area contributed by atoms with Crippen LogP contribution in [0.5, 0.6) is 0 Å². The van der Waals surface area contributed by atoms with Crippen LogP contribution in [0.1, 0.15) is 35.7 Å². The minimum atomic E-state index is -0.494. The normalized spacial score (nSPS) is 16.3. The predicted molar refractivity (Wildman–Crippen MR) is 119 cm³/mol. The highest BCUT2D eigenvalue weighted by Gasteiger charge is 2.36. The van der Waals surface area contributed by atoms with Crippen LogP contribution in [-0.4, -0.2) is 21.1 Å². The molecule has 4 aromatic rings. The van der Waals surface area contributed by atoms with Crippen molar-refractivity contribution in [2.24, 2.45) is 0 Å². The van der Waals surface area contributed by atoms with E-state index in [-0.39, 0.29) is 30.1 Å². The first-order valence-electron chi connectivity index (χ1n) is 10.5. The van der Waals surface area contributed by atoms with Crippen molar-refractivity contribution >= 4 is 11.6 Å². The summed E-state index contributed by atoms with van der Waals surface area (Å²) in [7, 11) is 0. The molecular weight excluding hydrogens is 423 g/mol. The van der Waals surface area contributed by atoms with Crippen LogP contribution in [0.3, 0.4) is 0 Å². The van der Waals surface area contributed by atoms with Crippen LogP contribution in [0.4, 0.5) is 9.18 Å². The molecule has 1 aliphatic heterocycles. The van der Waals surface area contributed by atoms with Gasteiger partial charge in [-0.2, -0.15) is 4.98 Å². The van der Waals surface area contributed by atoms with E-state index in [4.69, 9.17) is 8.94 Å². The average Bonchev–Trinajstić information content (AvgIpc) is 3.49. The molecule has 7 nitrogen and oxygen atoms in total. The molecule has 0 saturated carbocycles. The number of nitrogens with zero attached hydrogens (tertiary/aromatic N) is 3. The number of allylic oxidation sites excluding steroid dienone is 1. The van der Waals surface area contributed by atoms with Crippen LogP contribution >= 0.6 is 0 Å². The van der Waals surface area contributed by atoms with Gasteiger partial charge in [0.05, 0.1) is 24.4 Å². The summed E-state index contributed by atoms with van der Waals surface area (Å²) in [5, 5.41) is 7.11. The van der Waals surface area contributed by atoms with Crippen molar-refractivity contribution in [2.45, 2.75) is 26.4 Å². The van der Waals surface area contributed by atoms with E-state index in [1.165, 1.54) is 12.1 Å². The van der Waals surface area contributed by atoms with E-state index in [0.717, 1.165) is 11.1 Å². The minimum Gasteiger partial charge on any atom is -0.467 e. The van der Waals surface area contributed by atoms with Gasteiger partial charge >= 0.3 is 6.03 Å². The fourth-order valence-corrected chi connectivity index (χ4v) is 3.89. The number of benzene rings is 2. The van der Waals surface area contributed by atoms with Crippen molar-refractivity contribution in [3.63, 3.8) is 0 Å². The van der Waals surface area contributed by atoms with Crippen molar-refractivity contribution in [3.05, 3.63) is 101 Å². The first-order valence-corrected chi connectivity index (χ1v) is 10.5. The summed E-state index contributed by atoms with van der Waals surface area (Å²) in [5.41, 5.74) is 3.82. The molecule has 0 radical (unpaired) electrons. The van der Waals surface area contributed by atoms with Gasteiger partial charge in [-0.05, 0) is 43.7 Å². The maximum absolute atomic E-state index is 13.7. The largest absolute Gasteiger partial charge is 0.467 e. The standard InChI is InChI=1S/C25H21FN4O3/c1-15-8-10-17(11-9-15)22-21(16(2)30(25(31)27-22)14-20-7-4-12-32-20)24-28-23(29-33-24)18-5-3-6-19(26)13-18/h3-13,22H,14H2,1-2H3,(H,27,31). The zero-order valence-electron chi connectivity index (χ0n) is 18.1. The fourth-order valence-electron chi connectivity index (χ4n) is 3.89. The SMILES string of the molecule is CC1=C(c2nc(-c3cccc(F)c3)no2)C(c2ccc(C)cc2)NC(=O)N1Cc1ccco1. The van der Waals surface area contributed by atoms with Gasteiger partial charge in [-0.25, -0.2) is 9.18 Å². The van der Waals surface area contributed by atoms with E-state index in [1.807, 2.05) is 38.1 Å². The lowest BCUT2D eigenvalue weighted by atomic mass is 9.94. The molecule has 0 fully saturated rings. The molecule has 166 valence electrons. The number of amides is 2. The summed E-state index contributed by atoms with van der Waals surface area (Å²) >= 11 is 0. The highest BCUT2D eigenvalue weighted by atomic mass is 19.1. The van der Waals surface area contributed by atoms with E-state index in [0.29, 0.717) is 22.6 Å². The van der Waals surface area contributed by atoms with Gasteiger partial charge in [0.2, 0.25) is 5.82 Å². The molecule has 1 N–H and O–H groups in total. The smallest absolute Gasteiger partial charge is 0.322 e. The lowest BCUT2D eigenvalue weighted by Gasteiger charge is -2.34. The van der Waals surface area contributed by atoms with Gasteiger partial charge in [-0.3, -0.25) is 4.90 Å². The number of carbonyl (C=O) groups is 1. The minimum absolute atomic E-state index is 0.250. The quantitative estimate of drug-likeness (QED) is 0.441. The van der Waals surface area contributed by atoms with Crippen molar-refractivity contribution in [3.8, 4) is 11.4 Å². The summed E-state index contributed by atoms with van der Waals surface area (Å²) in [5.74, 6) is 0.772. The molecule has 2 amide bonds. The average molecular weight is 444 g/mol. The van der Waals surface area contributed by atoms with Crippen LogP contribution in [-0.2, 0) is 6.54 Å². The Morgan fingerprint density at radius 3 is 2.64 bits per heavy atom. The Hall–Kier alpha value is -4.20. The van der Waals surface area contributed by atoms with Crippen molar-refractivity contribution < 1.29 is 18.1 Å². The zero-order chi connectivity index (χ0) is 22.9. The lowest BCUT2D eigenvalue weighted by Crippen LogP contribution is -2.45. The zero-order valence-corrected chi connectivity index (χ0v) is 18.1. The number of hydrogen-bond donors (Lipinski definition) is 1. The topological polar surface area (TPSA) is 84.4 Å². The number of carbonyl (C=O) groups excluding carboxylic acids is 1. The molecule has 0 aliphatic carbocycles. The fraction of sp³-hybridized carbons (Fsp3) is 0.160. The Balaban J connectivity index is 1.60. The summed E-state index contributed by atoms with van der Waals surface area (Å²) in [6.07, 6.45) is 1.57. The molecular formula is C25H21FN4O3. The number of rotatable bonds is 5. The second kappa shape index (κ2) is 8.38. The molecule has 3 heterocycles. The Morgan fingerprint density at radius 2 is 1.91 bits per heavy atom. The Bertz CT molecular complexity index is 1330. The summed E-state index contributed by atoms with van der Waals surface area (Å²) in [4.78, 5) is 19.2. The van der Waals surface area contributed by atoms with Gasteiger partial charge in [0.25, 0.3) is 5.89 Å². The molecule has 0 bridgehead atoms. The number of furan rings is 1. The molecule has 1 atom stereocenters. The van der Waals surface area contributed by atoms with Crippen LogP contribution in [0.15, 0.2) is 81.6 Å². The van der Waals surface area contributed by atoms with Gasteiger partial charge in [0, 0.05) is 11.3 Å². The number of hydrogen-bond acceptors (Lipinski definition) is 5. The first kappa shape index (κ1) is 20.7. The molecule has 1 aliphatic rings. The van der Waals surface area contributed by atoms with E-state index in [2.05, 4.69) is 15.5 Å². The Labute approximate surface area is 189 Å². The molecule has 1 unspecified atom stereocenters. The molecule has 8 heteroatoms. The number of halogens is 1. The van der Waals surface area contributed by atoms with E-state index in [1.54, 1.807) is 35.4 Å². The number of aryl methyl sites for hydroxylation is 1. The van der Waals surface area contributed by atoms with Gasteiger partial charge < -0.3 is 14.3 Å². The third-order valence-corrected chi connectivity index (χ3v) is 5.64. The first-order chi connectivity index (χ1) is 16.0. The summed E-state index contributed by atoms with van der Waals surface area (Å²) in [6.45, 7) is 4.09.